The van der Waals surface area contributed by atoms with Crippen molar-refractivity contribution in [3.8, 4) is 28.4 Å². The normalized spacial score (nSPS) is 12.2. The molecule has 104 valence electrons. The first-order chi connectivity index (χ1) is 10.4. The van der Waals surface area contributed by atoms with Crippen molar-refractivity contribution >= 4 is 0 Å². The lowest BCUT2D eigenvalue weighted by molar-refractivity contribution is 0.282. The summed E-state index contributed by atoms with van der Waals surface area (Å²) in [5, 5.41) is 8.59. The van der Waals surface area contributed by atoms with E-state index in [0.717, 1.165) is 34.1 Å². The average molecular weight is 279 g/mol. The molecule has 0 amide bonds. The standard InChI is InChI=1S/C16H13N3O2/c1-20-12-8-6-11(7-9-12)16-14-10-21-15-5-3-2-4-13(15)19(14)18-17-16/h2-9H,10H2,1H3. The van der Waals surface area contributed by atoms with Gasteiger partial charge in [0.25, 0.3) is 0 Å². The monoisotopic (exact) mass is 279 g/mol. The third-order valence-corrected chi connectivity index (χ3v) is 3.58. The van der Waals surface area contributed by atoms with Crippen LogP contribution in [0.25, 0.3) is 16.9 Å². The van der Waals surface area contributed by atoms with Gasteiger partial charge in [-0.1, -0.05) is 17.3 Å². The Hall–Kier alpha value is -2.82. The van der Waals surface area contributed by atoms with E-state index in [1.807, 2.05) is 53.2 Å². The van der Waals surface area contributed by atoms with Gasteiger partial charge in [0.2, 0.25) is 0 Å². The number of aromatic nitrogens is 3. The molecule has 0 saturated carbocycles. The van der Waals surface area contributed by atoms with Crippen LogP contribution in [-0.2, 0) is 6.61 Å². The zero-order valence-electron chi connectivity index (χ0n) is 11.5. The molecule has 5 nitrogen and oxygen atoms in total. The maximum Gasteiger partial charge on any atom is 0.145 e. The second kappa shape index (κ2) is 4.63. The van der Waals surface area contributed by atoms with Gasteiger partial charge in [-0.3, -0.25) is 0 Å². The Morgan fingerprint density at radius 3 is 2.71 bits per heavy atom. The molecular formula is C16H13N3O2. The molecule has 2 heterocycles. The number of fused-ring (bicyclic) bond motifs is 3. The minimum atomic E-state index is 0.464. The molecule has 0 spiro atoms. The number of nitrogens with zero attached hydrogens (tertiary/aromatic N) is 3. The van der Waals surface area contributed by atoms with Crippen molar-refractivity contribution in [1.82, 2.24) is 15.0 Å². The largest absolute Gasteiger partial charge is 0.497 e. The molecule has 0 bridgehead atoms. The zero-order valence-corrected chi connectivity index (χ0v) is 11.5. The van der Waals surface area contributed by atoms with Crippen LogP contribution in [0.4, 0.5) is 0 Å². The van der Waals surface area contributed by atoms with Crippen molar-refractivity contribution < 1.29 is 9.47 Å². The fourth-order valence-electron chi connectivity index (χ4n) is 2.50. The van der Waals surface area contributed by atoms with Crippen LogP contribution in [0.5, 0.6) is 11.5 Å². The Bertz CT molecular complexity index is 794. The van der Waals surface area contributed by atoms with E-state index >= 15 is 0 Å². The summed E-state index contributed by atoms with van der Waals surface area (Å²) in [6.45, 7) is 0.464. The molecule has 3 aromatic rings. The maximum absolute atomic E-state index is 5.79. The molecule has 1 aromatic heterocycles. The van der Waals surface area contributed by atoms with Gasteiger partial charge in [-0.2, -0.15) is 0 Å². The van der Waals surface area contributed by atoms with Gasteiger partial charge < -0.3 is 9.47 Å². The van der Waals surface area contributed by atoms with E-state index in [0.29, 0.717) is 6.61 Å². The van der Waals surface area contributed by atoms with Crippen LogP contribution in [0.2, 0.25) is 0 Å². The van der Waals surface area contributed by atoms with E-state index < -0.39 is 0 Å². The molecule has 1 aliphatic heterocycles. The van der Waals surface area contributed by atoms with Crippen molar-refractivity contribution in [2.24, 2.45) is 0 Å². The first kappa shape index (κ1) is 12.0. The van der Waals surface area contributed by atoms with Crippen molar-refractivity contribution in [2.45, 2.75) is 6.61 Å². The summed E-state index contributed by atoms with van der Waals surface area (Å²) < 4.78 is 12.8. The molecule has 1 aliphatic rings. The minimum absolute atomic E-state index is 0.464. The number of para-hydroxylation sites is 2. The smallest absolute Gasteiger partial charge is 0.145 e. The van der Waals surface area contributed by atoms with Gasteiger partial charge in [0.15, 0.2) is 0 Å². The van der Waals surface area contributed by atoms with E-state index in [1.165, 1.54) is 0 Å². The molecule has 5 heteroatoms. The van der Waals surface area contributed by atoms with E-state index in [2.05, 4.69) is 10.3 Å². The molecule has 0 aliphatic carbocycles. The topological polar surface area (TPSA) is 49.2 Å². The summed E-state index contributed by atoms with van der Waals surface area (Å²) >= 11 is 0. The number of rotatable bonds is 2. The molecule has 0 saturated heterocycles. The van der Waals surface area contributed by atoms with Crippen LogP contribution in [0.3, 0.4) is 0 Å². The van der Waals surface area contributed by atoms with Gasteiger partial charge in [0.05, 0.1) is 7.11 Å². The van der Waals surface area contributed by atoms with Crippen molar-refractivity contribution in [3.05, 3.63) is 54.2 Å². The molecule has 21 heavy (non-hydrogen) atoms. The van der Waals surface area contributed by atoms with Gasteiger partial charge in [0.1, 0.15) is 35.2 Å². The lowest BCUT2D eigenvalue weighted by Gasteiger charge is -2.18. The van der Waals surface area contributed by atoms with Crippen molar-refractivity contribution in [3.63, 3.8) is 0 Å². The van der Waals surface area contributed by atoms with E-state index in [-0.39, 0.29) is 0 Å². The summed E-state index contributed by atoms with van der Waals surface area (Å²) in [6, 6.07) is 15.6. The third-order valence-electron chi connectivity index (χ3n) is 3.58. The number of benzene rings is 2. The summed E-state index contributed by atoms with van der Waals surface area (Å²) in [5.41, 5.74) is 3.72. The van der Waals surface area contributed by atoms with Crippen LogP contribution in [0.1, 0.15) is 5.69 Å². The van der Waals surface area contributed by atoms with Crippen molar-refractivity contribution in [1.29, 1.82) is 0 Å². The molecule has 0 atom stereocenters. The van der Waals surface area contributed by atoms with Gasteiger partial charge in [-0.25, -0.2) is 4.68 Å². The Morgan fingerprint density at radius 1 is 1.10 bits per heavy atom. The highest BCUT2D eigenvalue weighted by Crippen LogP contribution is 2.33. The number of hydrogen-bond donors (Lipinski definition) is 0. The van der Waals surface area contributed by atoms with Gasteiger partial charge in [-0.15, -0.1) is 5.10 Å². The SMILES string of the molecule is COc1ccc(-c2nnn3c2COc2ccccc2-3)cc1. The van der Waals surface area contributed by atoms with Crippen LogP contribution in [-0.4, -0.2) is 22.1 Å². The Balaban J connectivity index is 1.82. The quantitative estimate of drug-likeness (QED) is 0.723. The third kappa shape index (κ3) is 1.86. The van der Waals surface area contributed by atoms with Crippen LogP contribution in [0, 0.1) is 0 Å². The predicted octanol–water partition coefficient (Wildman–Crippen LogP) is 2.84. The number of ether oxygens (including phenoxy) is 2. The average Bonchev–Trinajstić information content (AvgIpc) is 2.99. The summed E-state index contributed by atoms with van der Waals surface area (Å²) in [5.74, 6) is 1.65. The van der Waals surface area contributed by atoms with E-state index in [9.17, 15) is 0 Å². The molecule has 0 radical (unpaired) electrons. The van der Waals surface area contributed by atoms with Crippen LogP contribution < -0.4 is 9.47 Å². The highest BCUT2D eigenvalue weighted by Gasteiger charge is 2.22. The van der Waals surface area contributed by atoms with Crippen LogP contribution in [0.15, 0.2) is 48.5 Å². The first-order valence-corrected chi connectivity index (χ1v) is 6.68. The van der Waals surface area contributed by atoms with Crippen LogP contribution >= 0.6 is 0 Å². The van der Waals surface area contributed by atoms with E-state index in [4.69, 9.17) is 9.47 Å². The van der Waals surface area contributed by atoms with Gasteiger partial charge in [-0.05, 0) is 36.4 Å². The van der Waals surface area contributed by atoms with E-state index in [1.54, 1.807) is 7.11 Å². The fraction of sp³-hybridized carbons (Fsp3) is 0.125. The maximum atomic E-state index is 5.79. The minimum Gasteiger partial charge on any atom is -0.497 e. The summed E-state index contributed by atoms with van der Waals surface area (Å²) in [4.78, 5) is 0. The van der Waals surface area contributed by atoms with Gasteiger partial charge in [0, 0.05) is 5.56 Å². The summed E-state index contributed by atoms with van der Waals surface area (Å²) in [7, 11) is 1.65. The van der Waals surface area contributed by atoms with Gasteiger partial charge >= 0.3 is 0 Å². The predicted molar refractivity (Wildman–Crippen MR) is 77.7 cm³/mol. The summed E-state index contributed by atoms with van der Waals surface area (Å²) in [6.07, 6.45) is 0. The first-order valence-electron chi connectivity index (χ1n) is 6.68. The fourth-order valence-corrected chi connectivity index (χ4v) is 2.50. The molecule has 2 aromatic carbocycles. The highest BCUT2D eigenvalue weighted by atomic mass is 16.5. The molecular weight excluding hydrogens is 266 g/mol. The lowest BCUT2D eigenvalue weighted by atomic mass is 10.1. The number of methoxy groups -OCH3 is 1. The molecule has 4 rings (SSSR count). The van der Waals surface area contributed by atoms with Crippen molar-refractivity contribution in [2.75, 3.05) is 7.11 Å². The Labute approximate surface area is 121 Å². The lowest BCUT2D eigenvalue weighted by Crippen LogP contribution is -2.13. The molecule has 0 fully saturated rings. The molecule has 0 N–H and O–H groups in total. The zero-order chi connectivity index (χ0) is 14.2. The second-order valence-electron chi connectivity index (χ2n) is 4.78. The Morgan fingerprint density at radius 2 is 1.90 bits per heavy atom. The molecule has 0 unspecified atom stereocenters. The highest BCUT2D eigenvalue weighted by molar-refractivity contribution is 5.64. The Kier molecular flexibility index (Phi) is 2.64. The second-order valence-corrected chi connectivity index (χ2v) is 4.78. The number of hydrogen-bond acceptors (Lipinski definition) is 4.